The van der Waals surface area contributed by atoms with Crippen molar-refractivity contribution in [1.29, 1.82) is 0 Å². The van der Waals surface area contributed by atoms with Crippen LogP contribution in [-0.4, -0.2) is 16.4 Å². The Labute approximate surface area is 200 Å². The molecule has 0 saturated carbocycles. The van der Waals surface area contributed by atoms with Crippen LogP contribution in [0.5, 0.6) is 0 Å². The van der Waals surface area contributed by atoms with Crippen LogP contribution in [0.15, 0.2) is 78.9 Å². The number of hydrogen-bond donors (Lipinski definition) is 0. The number of aromatic nitrogens is 1. The predicted octanol–water partition coefficient (Wildman–Crippen LogP) is 6.76. The van der Waals surface area contributed by atoms with Crippen molar-refractivity contribution in [3.8, 4) is 11.1 Å². The quantitative estimate of drug-likeness (QED) is 0.312. The number of anilines is 1. The van der Waals surface area contributed by atoms with Gasteiger partial charge < -0.3 is 9.47 Å². The zero-order chi connectivity index (χ0) is 22.9. The van der Waals surface area contributed by atoms with Gasteiger partial charge >= 0.3 is 0 Å². The average molecular weight is 455 g/mol. The zero-order valence-electron chi connectivity index (χ0n) is 19.0. The Morgan fingerprint density at radius 3 is 2.39 bits per heavy atom. The molecular weight excluding hydrogens is 428 g/mol. The highest BCUT2D eigenvalue weighted by atomic mass is 35.5. The third-order valence-electron chi connectivity index (χ3n) is 6.60. The molecule has 1 aliphatic heterocycles. The maximum absolute atomic E-state index is 13.8. The SMILES string of the molecule is Cc1ccccc1-c1ccc(C(=O)N2Cc3ccc(CCCl)n3Cc3ccccc32)cc1C. The summed E-state index contributed by atoms with van der Waals surface area (Å²) in [6.07, 6.45) is 0.817. The highest BCUT2D eigenvalue weighted by Gasteiger charge is 2.26. The van der Waals surface area contributed by atoms with Gasteiger partial charge in [-0.3, -0.25) is 4.79 Å². The van der Waals surface area contributed by atoms with Gasteiger partial charge in [0.15, 0.2) is 0 Å². The number of benzene rings is 3. The van der Waals surface area contributed by atoms with E-state index >= 15 is 0 Å². The van der Waals surface area contributed by atoms with E-state index < -0.39 is 0 Å². The molecule has 4 heteroatoms. The minimum atomic E-state index is 0.0235. The molecule has 3 nitrogen and oxygen atoms in total. The second-order valence-corrected chi connectivity index (χ2v) is 9.08. The van der Waals surface area contributed by atoms with Crippen molar-refractivity contribution >= 4 is 23.2 Å². The molecule has 4 aromatic rings. The number of hydrogen-bond acceptors (Lipinski definition) is 1. The molecule has 2 heterocycles. The van der Waals surface area contributed by atoms with Crippen LogP contribution in [0.3, 0.4) is 0 Å². The van der Waals surface area contributed by atoms with Crippen LogP contribution in [-0.2, 0) is 19.5 Å². The van der Waals surface area contributed by atoms with Gasteiger partial charge in [-0.25, -0.2) is 0 Å². The number of aryl methyl sites for hydroxylation is 3. The van der Waals surface area contributed by atoms with Crippen LogP contribution < -0.4 is 4.90 Å². The summed E-state index contributed by atoms with van der Waals surface area (Å²) in [7, 11) is 0. The Morgan fingerprint density at radius 1 is 0.848 bits per heavy atom. The van der Waals surface area contributed by atoms with Crippen molar-refractivity contribution < 1.29 is 4.79 Å². The molecule has 3 aromatic carbocycles. The molecular formula is C29H27ClN2O. The molecule has 0 aliphatic carbocycles. The van der Waals surface area contributed by atoms with Crippen LogP contribution in [0, 0.1) is 13.8 Å². The lowest BCUT2D eigenvalue weighted by atomic mass is 9.95. The fraction of sp³-hybridized carbons (Fsp3) is 0.207. The standard InChI is InChI=1S/C29H27ClN2O/c1-20-7-3-5-9-26(20)27-14-11-22(17-21(27)2)29(33)32-19-25-13-12-24(15-16-30)31(25)18-23-8-4-6-10-28(23)32/h3-14,17H,15-16,18-19H2,1-2H3. The minimum Gasteiger partial charge on any atom is -0.342 e. The van der Waals surface area contributed by atoms with E-state index in [9.17, 15) is 4.79 Å². The lowest BCUT2D eigenvalue weighted by Crippen LogP contribution is -2.30. The van der Waals surface area contributed by atoms with Crippen LogP contribution in [0.1, 0.15) is 38.4 Å². The van der Waals surface area contributed by atoms with Gasteiger partial charge in [-0.15, -0.1) is 11.6 Å². The molecule has 33 heavy (non-hydrogen) atoms. The first-order valence-corrected chi connectivity index (χ1v) is 11.9. The van der Waals surface area contributed by atoms with Gasteiger partial charge in [0.2, 0.25) is 0 Å². The van der Waals surface area contributed by atoms with Crippen molar-refractivity contribution in [1.82, 2.24) is 4.57 Å². The summed E-state index contributed by atoms with van der Waals surface area (Å²) >= 11 is 6.04. The predicted molar refractivity (Wildman–Crippen MR) is 136 cm³/mol. The number of amides is 1. The summed E-state index contributed by atoms with van der Waals surface area (Å²) < 4.78 is 2.31. The molecule has 0 unspecified atom stereocenters. The van der Waals surface area contributed by atoms with Gasteiger partial charge in [0.25, 0.3) is 5.91 Å². The first kappa shape index (κ1) is 21.5. The van der Waals surface area contributed by atoms with Crippen molar-refractivity contribution in [2.75, 3.05) is 10.8 Å². The summed E-state index contributed by atoms with van der Waals surface area (Å²) in [5.41, 5.74) is 9.88. The molecule has 0 spiro atoms. The van der Waals surface area contributed by atoms with Gasteiger partial charge in [-0.1, -0.05) is 48.5 Å². The van der Waals surface area contributed by atoms with Crippen molar-refractivity contribution in [3.63, 3.8) is 0 Å². The van der Waals surface area contributed by atoms with Gasteiger partial charge in [0, 0.05) is 41.5 Å². The molecule has 0 radical (unpaired) electrons. The van der Waals surface area contributed by atoms with Gasteiger partial charge in [0.05, 0.1) is 6.54 Å². The second kappa shape index (κ2) is 8.92. The summed E-state index contributed by atoms with van der Waals surface area (Å²) in [5, 5.41) is 0. The fourth-order valence-corrected chi connectivity index (χ4v) is 5.04. The van der Waals surface area contributed by atoms with Crippen molar-refractivity contribution in [2.45, 2.75) is 33.4 Å². The van der Waals surface area contributed by atoms with E-state index in [4.69, 9.17) is 11.6 Å². The molecule has 5 rings (SSSR count). The Morgan fingerprint density at radius 2 is 1.61 bits per heavy atom. The van der Waals surface area contributed by atoms with Crippen molar-refractivity contribution in [2.24, 2.45) is 0 Å². The average Bonchev–Trinajstić information content (AvgIpc) is 3.10. The van der Waals surface area contributed by atoms with Gasteiger partial charge in [0.1, 0.15) is 0 Å². The molecule has 0 saturated heterocycles. The van der Waals surface area contributed by atoms with Gasteiger partial charge in [-0.05, 0) is 72.0 Å². The van der Waals surface area contributed by atoms with Crippen LogP contribution >= 0.6 is 11.6 Å². The third-order valence-corrected chi connectivity index (χ3v) is 6.79. The first-order valence-electron chi connectivity index (χ1n) is 11.4. The second-order valence-electron chi connectivity index (χ2n) is 8.71. The third kappa shape index (κ3) is 3.98. The van der Waals surface area contributed by atoms with E-state index in [1.54, 1.807) is 0 Å². The minimum absolute atomic E-state index is 0.0235. The highest BCUT2D eigenvalue weighted by Crippen LogP contribution is 2.32. The van der Waals surface area contributed by atoms with E-state index in [2.05, 4.69) is 73.0 Å². The van der Waals surface area contributed by atoms with E-state index in [1.807, 2.05) is 29.2 Å². The molecule has 166 valence electrons. The largest absolute Gasteiger partial charge is 0.342 e. The number of fused-ring (bicyclic) bond motifs is 2. The summed E-state index contributed by atoms with van der Waals surface area (Å²) in [5.74, 6) is 0.607. The Kier molecular flexibility index (Phi) is 5.82. The highest BCUT2D eigenvalue weighted by molar-refractivity contribution is 6.18. The number of carbonyl (C=O) groups is 1. The number of halogens is 1. The molecule has 0 atom stereocenters. The number of alkyl halides is 1. The molecule has 1 amide bonds. The van der Waals surface area contributed by atoms with E-state index in [0.29, 0.717) is 18.0 Å². The van der Waals surface area contributed by atoms with Crippen molar-refractivity contribution in [3.05, 3.63) is 113 Å². The monoisotopic (exact) mass is 454 g/mol. The molecule has 0 N–H and O–H groups in total. The smallest absolute Gasteiger partial charge is 0.258 e. The van der Waals surface area contributed by atoms with Gasteiger partial charge in [-0.2, -0.15) is 0 Å². The summed E-state index contributed by atoms with van der Waals surface area (Å²) in [6.45, 7) is 5.49. The van der Waals surface area contributed by atoms with E-state index in [1.165, 1.54) is 22.4 Å². The molecule has 0 bridgehead atoms. The Balaban J connectivity index is 1.54. The fourth-order valence-electron chi connectivity index (χ4n) is 4.85. The van der Waals surface area contributed by atoms with Crippen LogP contribution in [0.2, 0.25) is 0 Å². The maximum atomic E-state index is 13.8. The Bertz CT molecular complexity index is 1340. The van der Waals surface area contributed by atoms with E-state index in [0.717, 1.165) is 35.5 Å². The lowest BCUT2D eigenvalue weighted by Gasteiger charge is -2.23. The van der Waals surface area contributed by atoms with Crippen LogP contribution in [0.4, 0.5) is 5.69 Å². The lowest BCUT2D eigenvalue weighted by molar-refractivity contribution is 0.0985. The molecule has 1 aliphatic rings. The zero-order valence-corrected chi connectivity index (χ0v) is 19.8. The Hall–Kier alpha value is -3.30. The molecule has 0 fully saturated rings. The number of rotatable bonds is 4. The number of nitrogens with zero attached hydrogens (tertiary/aromatic N) is 2. The maximum Gasteiger partial charge on any atom is 0.258 e. The number of para-hydroxylation sites is 1. The number of carbonyl (C=O) groups excluding carboxylic acids is 1. The normalized spacial score (nSPS) is 12.8. The topological polar surface area (TPSA) is 25.2 Å². The van der Waals surface area contributed by atoms with E-state index in [-0.39, 0.29) is 5.91 Å². The summed E-state index contributed by atoms with van der Waals surface area (Å²) in [4.78, 5) is 15.7. The van der Waals surface area contributed by atoms with Crippen LogP contribution in [0.25, 0.3) is 11.1 Å². The first-order chi connectivity index (χ1) is 16.1. The summed E-state index contributed by atoms with van der Waals surface area (Å²) in [6, 6.07) is 26.9. The molecule has 1 aromatic heterocycles.